The first-order chi connectivity index (χ1) is 7.02. The van der Waals surface area contributed by atoms with Gasteiger partial charge in [0.15, 0.2) is 6.29 Å². The highest BCUT2D eigenvalue weighted by Crippen LogP contribution is 2.22. The Balaban J connectivity index is 2.76. The highest BCUT2D eigenvalue weighted by molar-refractivity contribution is 5.40. The lowest BCUT2D eigenvalue weighted by molar-refractivity contribution is -0.0625. The van der Waals surface area contributed by atoms with Gasteiger partial charge in [-0.2, -0.15) is 0 Å². The van der Waals surface area contributed by atoms with E-state index in [0.29, 0.717) is 5.82 Å². The molecule has 0 radical (unpaired) electrons. The quantitative estimate of drug-likeness (QED) is 0.609. The van der Waals surface area contributed by atoms with E-state index in [1.54, 1.807) is 18.1 Å². The third-order valence-corrected chi connectivity index (χ3v) is 2.43. The molecule has 0 saturated carbocycles. The first kappa shape index (κ1) is 11.9. The lowest BCUT2D eigenvalue weighted by Crippen LogP contribution is -2.31. The van der Waals surface area contributed by atoms with Crippen LogP contribution in [0.15, 0.2) is 18.3 Å². The summed E-state index contributed by atoms with van der Waals surface area (Å²) in [6.07, 6.45) is 0.294. The molecule has 0 aliphatic carbocycles. The molecule has 1 heterocycles. The van der Waals surface area contributed by atoms with Gasteiger partial charge in [0.2, 0.25) is 0 Å². The van der Waals surface area contributed by atoms with E-state index in [0.717, 1.165) is 5.56 Å². The van der Waals surface area contributed by atoms with Gasteiger partial charge in [0.1, 0.15) is 5.82 Å². The standard InChI is InChI=1S/C10H17N3O2/c1-7(13(2)6-9(14)15)8-4-3-5-12-10(8)11/h3-5,7,9,14-15H,6H2,1-2H3,(H2,11,12). The number of rotatable bonds is 4. The molecule has 0 aromatic carbocycles. The van der Waals surface area contributed by atoms with Crippen LogP contribution >= 0.6 is 0 Å². The van der Waals surface area contributed by atoms with Crippen molar-refractivity contribution < 1.29 is 10.2 Å². The number of pyridine rings is 1. The summed E-state index contributed by atoms with van der Waals surface area (Å²) in [5.41, 5.74) is 6.62. The third kappa shape index (κ3) is 3.16. The van der Waals surface area contributed by atoms with E-state index in [2.05, 4.69) is 4.98 Å². The summed E-state index contributed by atoms with van der Waals surface area (Å²) in [5.74, 6) is 0.476. The molecule has 0 aliphatic rings. The number of aromatic nitrogens is 1. The van der Waals surface area contributed by atoms with E-state index < -0.39 is 6.29 Å². The van der Waals surface area contributed by atoms with Crippen molar-refractivity contribution in [3.05, 3.63) is 23.9 Å². The van der Waals surface area contributed by atoms with Crippen molar-refractivity contribution in [2.45, 2.75) is 19.3 Å². The molecular formula is C10H17N3O2. The Bertz CT molecular complexity index is 317. The lowest BCUT2D eigenvalue weighted by Gasteiger charge is -2.26. The van der Waals surface area contributed by atoms with Gasteiger partial charge in [-0.3, -0.25) is 4.90 Å². The molecule has 0 spiro atoms. The molecule has 4 N–H and O–H groups in total. The zero-order valence-corrected chi connectivity index (χ0v) is 8.96. The molecule has 1 unspecified atom stereocenters. The largest absolute Gasteiger partial charge is 0.383 e. The van der Waals surface area contributed by atoms with Crippen molar-refractivity contribution in [1.29, 1.82) is 0 Å². The van der Waals surface area contributed by atoms with Crippen LogP contribution in [0.25, 0.3) is 0 Å². The molecule has 5 heteroatoms. The monoisotopic (exact) mass is 211 g/mol. The van der Waals surface area contributed by atoms with Crippen LogP contribution in [0.4, 0.5) is 5.82 Å². The minimum absolute atomic E-state index is 0.000463. The average molecular weight is 211 g/mol. The zero-order valence-electron chi connectivity index (χ0n) is 8.96. The van der Waals surface area contributed by atoms with Crippen LogP contribution in [-0.2, 0) is 0 Å². The molecule has 0 saturated heterocycles. The minimum Gasteiger partial charge on any atom is -0.383 e. The van der Waals surface area contributed by atoms with Crippen LogP contribution in [0, 0.1) is 0 Å². The van der Waals surface area contributed by atoms with Crippen molar-refractivity contribution in [1.82, 2.24) is 9.88 Å². The van der Waals surface area contributed by atoms with Crippen LogP contribution in [-0.4, -0.2) is 40.0 Å². The van der Waals surface area contributed by atoms with Gasteiger partial charge in [-0.25, -0.2) is 4.98 Å². The number of hydrogen-bond donors (Lipinski definition) is 3. The van der Waals surface area contributed by atoms with Crippen molar-refractivity contribution >= 4 is 5.82 Å². The fraction of sp³-hybridized carbons (Fsp3) is 0.500. The first-order valence-electron chi connectivity index (χ1n) is 4.79. The first-order valence-corrected chi connectivity index (χ1v) is 4.79. The summed E-state index contributed by atoms with van der Waals surface area (Å²) in [5, 5.41) is 17.7. The number of aliphatic hydroxyl groups excluding tert-OH is 1. The van der Waals surface area contributed by atoms with Crippen LogP contribution in [0.5, 0.6) is 0 Å². The SMILES string of the molecule is CC(c1cccnc1N)N(C)CC(O)O. The van der Waals surface area contributed by atoms with Gasteiger partial charge in [-0.15, -0.1) is 0 Å². The van der Waals surface area contributed by atoms with Gasteiger partial charge < -0.3 is 15.9 Å². The maximum atomic E-state index is 8.85. The smallest absolute Gasteiger partial charge is 0.164 e. The summed E-state index contributed by atoms with van der Waals surface area (Å²) in [6.45, 7) is 2.12. The molecule has 1 aromatic rings. The van der Waals surface area contributed by atoms with Gasteiger partial charge in [0, 0.05) is 24.3 Å². The second-order valence-corrected chi connectivity index (χ2v) is 3.57. The molecule has 0 amide bonds. The van der Waals surface area contributed by atoms with E-state index in [4.69, 9.17) is 15.9 Å². The fourth-order valence-corrected chi connectivity index (χ4v) is 1.44. The van der Waals surface area contributed by atoms with Crippen molar-refractivity contribution in [3.8, 4) is 0 Å². The molecule has 84 valence electrons. The molecule has 0 bridgehead atoms. The predicted octanol–water partition coefficient (Wildman–Crippen LogP) is -0.0327. The van der Waals surface area contributed by atoms with E-state index >= 15 is 0 Å². The Morgan fingerprint density at radius 2 is 2.20 bits per heavy atom. The Hall–Kier alpha value is -1.17. The predicted molar refractivity (Wildman–Crippen MR) is 57.9 cm³/mol. The van der Waals surface area contributed by atoms with Gasteiger partial charge in [-0.1, -0.05) is 6.07 Å². The van der Waals surface area contributed by atoms with Gasteiger partial charge in [0.25, 0.3) is 0 Å². The molecule has 5 nitrogen and oxygen atoms in total. The molecule has 0 fully saturated rings. The van der Waals surface area contributed by atoms with E-state index in [1.165, 1.54) is 0 Å². The highest BCUT2D eigenvalue weighted by atomic mass is 16.5. The van der Waals surface area contributed by atoms with Crippen LogP contribution < -0.4 is 5.73 Å². The number of nitrogens with zero attached hydrogens (tertiary/aromatic N) is 2. The lowest BCUT2D eigenvalue weighted by atomic mass is 10.1. The second-order valence-electron chi connectivity index (χ2n) is 3.57. The normalized spacial score (nSPS) is 13.5. The Morgan fingerprint density at radius 1 is 1.53 bits per heavy atom. The number of nitrogens with two attached hydrogens (primary N) is 1. The van der Waals surface area contributed by atoms with Gasteiger partial charge in [0.05, 0.1) is 0 Å². The molecule has 1 aromatic heterocycles. The highest BCUT2D eigenvalue weighted by Gasteiger charge is 2.16. The molecule has 1 rings (SSSR count). The molecule has 1 atom stereocenters. The fourth-order valence-electron chi connectivity index (χ4n) is 1.44. The van der Waals surface area contributed by atoms with Crippen molar-refractivity contribution in [3.63, 3.8) is 0 Å². The number of hydrogen-bond acceptors (Lipinski definition) is 5. The van der Waals surface area contributed by atoms with Gasteiger partial charge >= 0.3 is 0 Å². The number of likely N-dealkylation sites (N-methyl/N-ethyl adjacent to an activating group) is 1. The number of nitrogen functional groups attached to an aromatic ring is 1. The molecule has 0 aliphatic heterocycles. The summed E-state index contributed by atoms with van der Waals surface area (Å²) in [6, 6.07) is 3.69. The molecular weight excluding hydrogens is 194 g/mol. The van der Waals surface area contributed by atoms with E-state index in [9.17, 15) is 0 Å². The number of anilines is 1. The van der Waals surface area contributed by atoms with Crippen molar-refractivity contribution in [2.75, 3.05) is 19.3 Å². The summed E-state index contributed by atoms with van der Waals surface area (Å²) < 4.78 is 0. The van der Waals surface area contributed by atoms with E-state index in [-0.39, 0.29) is 12.6 Å². The van der Waals surface area contributed by atoms with Crippen molar-refractivity contribution in [2.24, 2.45) is 0 Å². The zero-order chi connectivity index (χ0) is 11.4. The average Bonchev–Trinajstić information content (AvgIpc) is 2.16. The van der Waals surface area contributed by atoms with Gasteiger partial charge in [-0.05, 0) is 20.0 Å². The van der Waals surface area contributed by atoms with Crippen LogP contribution in [0.3, 0.4) is 0 Å². The Morgan fingerprint density at radius 3 is 2.73 bits per heavy atom. The topological polar surface area (TPSA) is 82.6 Å². The Kier molecular flexibility index (Phi) is 4.02. The maximum absolute atomic E-state index is 8.85. The second kappa shape index (κ2) is 5.06. The minimum atomic E-state index is -1.34. The summed E-state index contributed by atoms with van der Waals surface area (Å²) in [7, 11) is 1.80. The third-order valence-electron chi connectivity index (χ3n) is 2.43. The summed E-state index contributed by atoms with van der Waals surface area (Å²) >= 11 is 0. The maximum Gasteiger partial charge on any atom is 0.164 e. The molecule has 15 heavy (non-hydrogen) atoms. The van der Waals surface area contributed by atoms with Crippen LogP contribution in [0.2, 0.25) is 0 Å². The van der Waals surface area contributed by atoms with E-state index in [1.807, 2.05) is 19.1 Å². The number of aliphatic hydroxyl groups is 2. The van der Waals surface area contributed by atoms with Crippen LogP contribution in [0.1, 0.15) is 18.5 Å². The summed E-state index contributed by atoms with van der Waals surface area (Å²) in [4.78, 5) is 5.79. The Labute approximate surface area is 89.2 Å².